The number of aliphatic hydroxyl groups is 1. The Morgan fingerprint density at radius 3 is 2.48 bits per heavy atom. The zero-order valence-corrected chi connectivity index (χ0v) is 18.1. The van der Waals surface area contributed by atoms with Gasteiger partial charge in [0.05, 0.1) is 11.0 Å². The van der Waals surface area contributed by atoms with E-state index >= 15 is 0 Å². The number of aliphatic hydroxyl groups excluding tert-OH is 1. The molecule has 0 bridgehead atoms. The maximum absolute atomic E-state index is 10.1. The van der Waals surface area contributed by atoms with Crippen LogP contribution in [0.1, 0.15) is 48.4 Å². The van der Waals surface area contributed by atoms with Crippen molar-refractivity contribution >= 4 is 27.6 Å². The van der Waals surface area contributed by atoms with Gasteiger partial charge in [-0.1, -0.05) is 49.7 Å². The van der Waals surface area contributed by atoms with E-state index in [-0.39, 0.29) is 0 Å². The van der Waals surface area contributed by atoms with Crippen LogP contribution in [0.25, 0.3) is 21.8 Å². The van der Waals surface area contributed by atoms with Crippen molar-refractivity contribution in [2.24, 2.45) is 5.73 Å². The van der Waals surface area contributed by atoms with Crippen molar-refractivity contribution in [1.29, 1.82) is 0 Å². The van der Waals surface area contributed by atoms with Crippen LogP contribution in [0.4, 0.5) is 5.82 Å². The minimum Gasteiger partial charge on any atom is -0.383 e. The molecule has 0 saturated heterocycles. The van der Waals surface area contributed by atoms with Crippen LogP contribution in [0.3, 0.4) is 0 Å². The summed E-state index contributed by atoms with van der Waals surface area (Å²) in [6.07, 6.45) is 2.22. The first-order chi connectivity index (χ1) is 15.0. The zero-order chi connectivity index (χ0) is 22.0. The van der Waals surface area contributed by atoms with Crippen molar-refractivity contribution in [2.75, 3.05) is 12.8 Å². The number of aryl methyl sites for hydroxylation is 1. The van der Waals surface area contributed by atoms with E-state index in [0.29, 0.717) is 17.9 Å². The lowest BCUT2D eigenvalue weighted by atomic mass is 10.1. The molecule has 0 aliphatic heterocycles. The molecule has 4 rings (SSSR count). The second-order valence-corrected chi connectivity index (χ2v) is 7.97. The molecule has 0 saturated carbocycles. The Labute approximate surface area is 182 Å². The molecule has 1 atom stereocenters. The standard InChI is InChI=1S/C25H30N4O2/c1-3-4-5-19-13-21-23(29(19)15-17-8-6-16(14-26)7-9-17)20-11-10-18(25(30)31-2)12-22(20)28-24(21)27/h6-13,25,30H,3-5,14-15,26H2,1-2H3,(H2,27,28). The van der Waals surface area contributed by atoms with Gasteiger partial charge in [0.2, 0.25) is 0 Å². The average molecular weight is 419 g/mol. The highest BCUT2D eigenvalue weighted by Crippen LogP contribution is 2.33. The topological polar surface area (TPSA) is 99.3 Å². The van der Waals surface area contributed by atoms with E-state index in [1.54, 1.807) is 0 Å². The normalized spacial score (nSPS) is 12.6. The number of hydrogen-bond acceptors (Lipinski definition) is 5. The summed E-state index contributed by atoms with van der Waals surface area (Å²) in [5, 5.41) is 12.1. The van der Waals surface area contributed by atoms with Gasteiger partial charge in [-0.15, -0.1) is 0 Å². The van der Waals surface area contributed by atoms with Crippen molar-refractivity contribution in [1.82, 2.24) is 9.55 Å². The van der Waals surface area contributed by atoms with Gasteiger partial charge in [-0.2, -0.15) is 0 Å². The fraction of sp³-hybridized carbons (Fsp3) is 0.320. The number of benzene rings is 2. The van der Waals surface area contributed by atoms with Crippen LogP contribution in [0.5, 0.6) is 0 Å². The monoisotopic (exact) mass is 418 g/mol. The summed E-state index contributed by atoms with van der Waals surface area (Å²) in [5.41, 5.74) is 18.2. The van der Waals surface area contributed by atoms with Crippen LogP contribution in [0.2, 0.25) is 0 Å². The lowest BCUT2D eigenvalue weighted by molar-refractivity contribution is -0.0768. The third-order valence-electron chi connectivity index (χ3n) is 5.87. The molecule has 0 amide bonds. The smallest absolute Gasteiger partial charge is 0.180 e. The highest BCUT2D eigenvalue weighted by Gasteiger charge is 2.17. The molecule has 31 heavy (non-hydrogen) atoms. The van der Waals surface area contributed by atoms with Gasteiger partial charge in [0, 0.05) is 42.2 Å². The van der Waals surface area contributed by atoms with Crippen LogP contribution >= 0.6 is 0 Å². The van der Waals surface area contributed by atoms with Gasteiger partial charge in [-0.05, 0) is 36.1 Å². The van der Waals surface area contributed by atoms with E-state index in [2.05, 4.69) is 46.8 Å². The average Bonchev–Trinajstić information content (AvgIpc) is 3.16. The lowest BCUT2D eigenvalue weighted by Crippen LogP contribution is -2.06. The van der Waals surface area contributed by atoms with Gasteiger partial charge in [0.15, 0.2) is 6.29 Å². The number of nitrogens with zero attached hydrogens (tertiary/aromatic N) is 2. The lowest BCUT2D eigenvalue weighted by Gasteiger charge is -2.14. The minimum atomic E-state index is -0.990. The number of anilines is 1. The van der Waals surface area contributed by atoms with Gasteiger partial charge in [-0.25, -0.2) is 4.98 Å². The second kappa shape index (κ2) is 9.06. The molecule has 0 spiro atoms. The number of rotatable bonds is 8. The summed E-state index contributed by atoms with van der Waals surface area (Å²) in [7, 11) is 1.47. The fourth-order valence-corrected chi connectivity index (χ4v) is 4.12. The third kappa shape index (κ3) is 4.14. The third-order valence-corrected chi connectivity index (χ3v) is 5.87. The molecule has 6 heteroatoms. The van der Waals surface area contributed by atoms with Crippen LogP contribution in [0.15, 0.2) is 48.5 Å². The van der Waals surface area contributed by atoms with E-state index in [4.69, 9.17) is 16.2 Å². The van der Waals surface area contributed by atoms with Crippen molar-refractivity contribution < 1.29 is 9.84 Å². The fourth-order valence-electron chi connectivity index (χ4n) is 4.12. The van der Waals surface area contributed by atoms with E-state index in [1.165, 1.54) is 18.4 Å². The predicted molar refractivity (Wildman–Crippen MR) is 126 cm³/mol. The number of fused-ring (bicyclic) bond motifs is 3. The first-order valence-electron chi connectivity index (χ1n) is 10.8. The Hall–Kier alpha value is -2.93. The van der Waals surface area contributed by atoms with Gasteiger partial charge < -0.3 is 25.9 Å². The van der Waals surface area contributed by atoms with Crippen molar-refractivity contribution in [3.8, 4) is 0 Å². The summed E-state index contributed by atoms with van der Waals surface area (Å²) < 4.78 is 7.41. The Kier molecular flexibility index (Phi) is 6.23. The van der Waals surface area contributed by atoms with E-state index in [1.807, 2.05) is 18.2 Å². The molecule has 162 valence electrons. The Morgan fingerprint density at radius 1 is 1.06 bits per heavy atom. The second-order valence-electron chi connectivity index (χ2n) is 7.97. The number of nitrogens with two attached hydrogens (primary N) is 2. The number of hydrogen-bond donors (Lipinski definition) is 3. The van der Waals surface area contributed by atoms with Gasteiger partial charge in [0.25, 0.3) is 0 Å². The maximum atomic E-state index is 10.1. The summed E-state index contributed by atoms with van der Waals surface area (Å²) in [4.78, 5) is 4.63. The Bertz CT molecular complexity index is 1200. The molecule has 2 aromatic heterocycles. The van der Waals surface area contributed by atoms with Crippen molar-refractivity contribution in [2.45, 2.75) is 45.6 Å². The number of aromatic nitrogens is 2. The molecule has 1 unspecified atom stereocenters. The number of ether oxygens (including phenoxy) is 1. The van der Waals surface area contributed by atoms with Crippen LogP contribution < -0.4 is 11.5 Å². The molecular formula is C25H30N4O2. The number of nitrogen functional groups attached to an aromatic ring is 1. The number of unbranched alkanes of at least 4 members (excludes halogenated alkanes) is 1. The largest absolute Gasteiger partial charge is 0.383 e. The van der Waals surface area contributed by atoms with Crippen LogP contribution in [-0.2, 0) is 24.2 Å². The zero-order valence-electron chi connectivity index (χ0n) is 18.1. The minimum absolute atomic E-state index is 0.501. The van der Waals surface area contributed by atoms with E-state index in [0.717, 1.165) is 53.2 Å². The molecule has 4 aromatic rings. The quantitative estimate of drug-likeness (QED) is 0.371. The van der Waals surface area contributed by atoms with Crippen molar-refractivity contribution in [3.63, 3.8) is 0 Å². The molecule has 2 heterocycles. The number of pyridine rings is 1. The molecule has 0 aliphatic rings. The van der Waals surface area contributed by atoms with Gasteiger partial charge in [-0.3, -0.25) is 0 Å². The Morgan fingerprint density at radius 2 is 1.81 bits per heavy atom. The molecular weight excluding hydrogens is 388 g/mol. The molecule has 0 aliphatic carbocycles. The summed E-state index contributed by atoms with van der Waals surface area (Å²) >= 11 is 0. The SMILES string of the molecule is CCCCc1cc2c(N)nc3cc(C(O)OC)ccc3c2n1Cc1ccc(CN)cc1. The summed E-state index contributed by atoms with van der Waals surface area (Å²) in [5.74, 6) is 0.501. The highest BCUT2D eigenvalue weighted by molar-refractivity contribution is 6.08. The van der Waals surface area contributed by atoms with Crippen LogP contribution in [0, 0.1) is 0 Å². The first kappa shape index (κ1) is 21.3. The molecule has 6 nitrogen and oxygen atoms in total. The summed E-state index contributed by atoms with van der Waals surface area (Å²) in [6, 6.07) is 16.3. The Balaban J connectivity index is 1.90. The van der Waals surface area contributed by atoms with E-state index < -0.39 is 6.29 Å². The number of methoxy groups -OCH3 is 1. The highest BCUT2D eigenvalue weighted by atomic mass is 16.6. The van der Waals surface area contributed by atoms with E-state index in [9.17, 15) is 5.11 Å². The molecule has 5 N–H and O–H groups in total. The summed E-state index contributed by atoms with van der Waals surface area (Å²) in [6.45, 7) is 3.48. The molecule has 0 fully saturated rings. The van der Waals surface area contributed by atoms with Gasteiger partial charge >= 0.3 is 0 Å². The van der Waals surface area contributed by atoms with Gasteiger partial charge in [0.1, 0.15) is 5.82 Å². The first-order valence-corrected chi connectivity index (χ1v) is 10.8. The van der Waals surface area contributed by atoms with Crippen LogP contribution in [-0.4, -0.2) is 21.8 Å². The maximum Gasteiger partial charge on any atom is 0.180 e. The predicted octanol–water partition coefficient (Wildman–Crippen LogP) is 4.26. The molecule has 2 aromatic carbocycles. The molecule has 0 radical (unpaired) electrons. The van der Waals surface area contributed by atoms with Crippen molar-refractivity contribution in [3.05, 3.63) is 70.9 Å².